The minimum absolute atomic E-state index is 0.00454. The topological polar surface area (TPSA) is 304 Å². The number of nitrogens with one attached hydrogen (secondary N) is 1. The van der Waals surface area contributed by atoms with Gasteiger partial charge in [-0.2, -0.15) is 54.4 Å². The van der Waals surface area contributed by atoms with Crippen molar-refractivity contribution in [3.8, 4) is 73.9 Å². The Morgan fingerprint density at radius 2 is 0.762 bits per heavy atom. The molecule has 0 unspecified atom stereocenters. The van der Waals surface area contributed by atoms with E-state index in [1.54, 1.807) is 38.1 Å². The van der Waals surface area contributed by atoms with Gasteiger partial charge in [-0.15, -0.1) is 0 Å². The fourth-order valence-electron chi connectivity index (χ4n) is 15.6. The van der Waals surface area contributed by atoms with Gasteiger partial charge in [0.1, 0.15) is 47.8 Å². The number of aromatic amines is 1. The number of aliphatic hydroxyl groups is 1. The van der Waals surface area contributed by atoms with E-state index >= 15 is 4.39 Å². The molecule has 0 amide bonds. The van der Waals surface area contributed by atoms with E-state index in [-0.39, 0.29) is 120 Å². The second-order valence-corrected chi connectivity index (χ2v) is 59.1. The summed E-state index contributed by atoms with van der Waals surface area (Å²) in [6.07, 6.45) is -8.50. The second-order valence-electron chi connectivity index (χ2n) is 38.5. The number of alkyl halides is 6. The lowest BCUT2D eigenvalue weighted by Crippen LogP contribution is -2.43. The second kappa shape index (κ2) is 45.8. The average Bonchev–Trinajstić information content (AvgIpc) is 1.62. The SMILES string of the molecule is CCS(=O)(CC)=Nc1ccc(-c2ccc(-c3nc4nc(O[C@@H]5CO[C@H](CO)C5(F)F)[nH]c4cc3F)cc2)cc1.CCS(=O)(CC)=Nc1ccc(-c2ccc(B3OC(C)(C)C(C)(C)O3)cc2)cc1.CC[C@H]1OC[C@@H](Oc2nc3nc(-c4ccc(-c5ccc(N=S(=O)(CC)CC)cc5)cc4)c(F)cc3n2COCC[Si](C)(C)C)C1(F)F.CC[C@H]1OC[C@@H](Oc2nc3nc(Br)c(F)cc3n2COCC[Si](C)(C)C)C1(F)F. The molecule has 772 valence electrons. The summed E-state index contributed by atoms with van der Waals surface area (Å²) in [7, 11) is -9.67. The zero-order chi connectivity index (χ0) is 104. The van der Waals surface area contributed by atoms with Crippen LogP contribution in [0.3, 0.4) is 0 Å². The standard InChI is InChI=1S/C34H43F3N4O4SSi.C27H27F3N4O4S.C22H30BNO3S.C18H25BrF3N3O3Si/c1-7-29-34(36,37)30(21-44-29)45-33-39-32-28(41(33)22-43-18-19-47(4,5)6)20-27(35)31(38-32)25-12-10-23(11-13-25)24-14-16-26(17-15-24)40-46(42,8-2)9-3;1-3-39(36,4-2)34-19-11-9-17(10-12-19)16-5-7-18(8-6-16)24-20(28)13-21-25(32-24)33-26(31-21)38-23-15-37-22(14-35)27(23,29)30;1-7-28(25,8-2)24-20-15-11-18(12-16-20)17-9-13-19(14-10-17)23-26-21(3,4)22(5,6)27-23;1-5-13-18(21,22)14(9-27-13)28-17-24-16-12(8-11(20)15(19)23-16)25(17)10-26-6-7-29(2,3)4/h10-17,20,29-30H,7-9,18-19,21-22H2,1-6H3;5-13,22-23,35H,3-4,14-15H2,1-2H3,(H,31,32,33);9-16H,7-8H2,1-6H3;8,13-14H,5-7,9-10H2,1-4H3/t29-,30-;22-,23-;;13-,14-/m11.1/s1. The van der Waals surface area contributed by atoms with E-state index in [4.69, 9.17) is 52.3 Å². The molecule has 6 aromatic carbocycles. The summed E-state index contributed by atoms with van der Waals surface area (Å²) < 4.78 is 242. The number of rotatable bonds is 34. The van der Waals surface area contributed by atoms with Crippen LogP contribution in [0.15, 0.2) is 181 Å². The highest BCUT2D eigenvalue weighted by atomic mass is 79.9. The van der Waals surface area contributed by atoms with E-state index in [1.807, 2.05) is 139 Å². The van der Waals surface area contributed by atoms with E-state index in [2.05, 4.69) is 155 Å². The van der Waals surface area contributed by atoms with Crippen molar-refractivity contribution in [2.24, 2.45) is 13.1 Å². The van der Waals surface area contributed by atoms with Gasteiger partial charge in [0.25, 0.3) is 6.01 Å². The molecule has 2 N–H and O–H groups in total. The number of hydrogen-bond donors (Lipinski definition) is 2. The third-order valence-corrected chi connectivity index (χ3v) is 36.6. The Kier molecular flexibility index (Phi) is 35.5. The maximum atomic E-state index is 15.7. The van der Waals surface area contributed by atoms with E-state index in [9.17, 15) is 47.8 Å². The summed E-state index contributed by atoms with van der Waals surface area (Å²) in [4.78, 5) is 28.2. The number of aromatic nitrogens is 9. The van der Waals surface area contributed by atoms with Crippen molar-refractivity contribution in [1.82, 2.24) is 44.0 Å². The zero-order valence-electron chi connectivity index (χ0n) is 83.5. The molecular weight excluding hydrogens is 2020 g/mol. The first kappa shape index (κ1) is 111. The number of H-pyrrole nitrogens is 1. The smallest absolute Gasteiger partial charge is 0.452 e. The van der Waals surface area contributed by atoms with Crippen LogP contribution in [0.25, 0.3) is 89.4 Å². The molecule has 0 aliphatic carbocycles. The Bertz CT molecular complexity index is 6780. The first-order valence-electron chi connectivity index (χ1n) is 47.8. The number of ether oxygens (including phenoxy) is 8. The van der Waals surface area contributed by atoms with Gasteiger partial charge in [-0.25, -0.2) is 40.7 Å². The van der Waals surface area contributed by atoms with Gasteiger partial charge in [-0.05, 0) is 144 Å². The molecule has 16 rings (SSSR count). The maximum absolute atomic E-state index is 15.7. The van der Waals surface area contributed by atoms with Gasteiger partial charge in [0.2, 0.25) is 0 Å². The van der Waals surface area contributed by atoms with Gasteiger partial charge in [0.05, 0.1) is 100 Å². The van der Waals surface area contributed by atoms with Crippen molar-refractivity contribution >= 4 is 124 Å². The molecule has 4 aliphatic rings. The summed E-state index contributed by atoms with van der Waals surface area (Å²) in [6.45, 7) is 35.3. The Morgan fingerprint density at radius 3 is 1.11 bits per heavy atom. The monoisotopic (exact) mass is 2140 g/mol. The Hall–Kier alpha value is -9.54. The maximum Gasteiger partial charge on any atom is 0.494 e. The Labute approximate surface area is 840 Å². The van der Waals surface area contributed by atoms with Crippen molar-refractivity contribution < 1.29 is 104 Å². The highest BCUT2D eigenvalue weighted by Crippen LogP contribution is 2.43. The van der Waals surface area contributed by atoms with Gasteiger partial charge in [-0.3, -0.25) is 9.13 Å². The summed E-state index contributed by atoms with van der Waals surface area (Å²) in [5, 5.41) is 9.07. The number of aliphatic hydroxyl groups excluding tert-OH is 1. The zero-order valence-corrected chi connectivity index (χ0v) is 89.6. The van der Waals surface area contributed by atoms with Crippen LogP contribution in [0.1, 0.15) is 95.9 Å². The Balaban J connectivity index is 0.000000164. The van der Waals surface area contributed by atoms with E-state index in [0.29, 0.717) is 75.7 Å². The van der Waals surface area contributed by atoms with Crippen LogP contribution in [0, 0.1) is 17.5 Å². The normalized spacial score (nSPS) is 19.1. The third kappa shape index (κ3) is 26.5. The molecule has 26 nitrogen and oxygen atoms in total. The predicted octanol–water partition coefficient (Wildman–Crippen LogP) is 23.5. The van der Waals surface area contributed by atoms with Crippen LogP contribution >= 0.6 is 15.9 Å². The number of hydrogen-bond acceptors (Lipinski definition) is 23. The fraction of sp³-hybridized carbons (Fsp3) is 0.465. The molecular formula is C101H125BBrF9N12O14S3Si2. The lowest BCUT2D eigenvalue weighted by Gasteiger charge is -2.32. The first-order valence-corrected chi connectivity index (χ1v) is 61.6. The summed E-state index contributed by atoms with van der Waals surface area (Å²) in [5.74, 6) is -8.48. The largest absolute Gasteiger partial charge is 0.494 e. The van der Waals surface area contributed by atoms with Crippen molar-refractivity contribution in [2.45, 2.75) is 226 Å². The van der Waals surface area contributed by atoms with Crippen LogP contribution in [0.4, 0.5) is 56.6 Å². The minimum atomic E-state index is -3.42. The van der Waals surface area contributed by atoms with Gasteiger partial charge < -0.3 is 57.3 Å². The number of fused-ring (bicyclic) bond motifs is 3. The molecule has 0 bridgehead atoms. The van der Waals surface area contributed by atoms with E-state index < -0.39 is 130 Å². The Morgan fingerprint density at radius 1 is 0.441 bits per heavy atom. The first-order chi connectivity index (χ1) is 67.5. The molecule has 4 aliphatic heterocycles. The van der Waals surface area contributed by atoms with Crippen LogP contribution in [-0.4, -0.2) is 225 Å². The quantitative estimate of drug-likeness (QED) is 0.0164. The minimum Gasteiger partial charge on any atom is -0.452 e. The summed E-state index contributed by atoms with van der Waals surface area (Å²) in [5.41, 5.74) is 10.6. The van der Waals surface area contributed by atoms with Crippen molar-refractivity contribution in [3.05, 3.63) is 186 Å². The molecule has 0 saturated carbocycles. The van der Waals surface area contributed by atoms with Crippen LogP contribution < -0.4 is 19.7 Å². The van der Waals surface area contributed by atoms with Crippen LogP contribution in [0.5, 0.6) is 18.0 Å². The highest BCUT2D eigenvalue weighted by Gasteiger charge is 2.58. The fourth-order valence-corrected chi connectivity index (χ4v) is 20.9. The summed E-state index contributed by atoms with van der Waals surface area (Å²) in [6, 6.07) is 50.5. The molecule has 4 saturated heterocycles. The predicted molar refractivity (Wildman–Crippen MR) is 553 cm³/mol. The number of nitrogens with zero attached hydrogens (tertiary/aromatic N) is 11. The molecule has 4 fully saturated rings. The van der Waals surface area contributed by atoms with Gasteiger partial charge in [0, 0.05) is 93.2 Å². The average molecular weight is 2150 g/mol. The van der Waals surface area contributed by atoms with Gasteiger partial charge in [0.15, 0.2) is 52.7 Å². The van der Waals surface area contributed by atoms with Crippen molar-refractivity contribution in [2.75, 3.05) is 74.2 Å². The van der Waals surface area contributed by atoms with Crippen LogP contribution in [-0.2, 0) is 75.6 Å². The number of benzene rings is 6. The number of imidazole rings is 3. The van der Waals surface area contributed by atoms with Gasteiger partial charge in [-0.1, -0.05) is 204 Å². The molecule has 0 spiro atoms. The number of halogens is 10. The molecule has 6 atom stereocenters. The molecule has 10 heterocycles. The third-order valence-electron chi connectivity index (χ3n) is 25.6. The van der Waals surface area contributed by atoms with Crippen molar-refractivity contribution in [1.29, 1.82) is 0 Å². The van der Waals surface area contributed by atoms with Gasteiger partial charge >= 0.3 is 36.9 Å². The van der Waals surface area contributed by atoms with Crippen LogP contribution in [0.2, 0.25) is 51.4 Å². The van der Waals surface area contributed by atoms with E-state index in [1.165, 1.54) is 27.3 Å². The lowest BCUT2D eigenvalue weighted by atomic mass is 9.78. The van der Waals surface area contributed by atoms with Crippen molar-refractivity contribution in [3.63, 3.8) is 0 Å². The number of pyridine rings is 3. The highest BCUT2D eigenvalue weighted by molar-refractivity contribution is 9.10. The molecule has 12 aromatic rings. The lowest BCUT2D eigenvalue weighted by molar-refractivity contribution is -0.118. The molecule has 0 radical (unpaired) electrons. The molecule has 143 heavy (non-hydrogen) atoms. The van der Waals surface area contributed by atoms with E-state index in [0.717, 1.165) is 56.6 Å². The molecule has 6 aromatic heterocycles. The summed E-state index contributed by atoms with van der Waals surface area (Å²) >= 11 is 3.02. The molecule has 42 heteroatoms.